The molecule has 1 atom stereocenters. The molecule has 2 heterocycles. The zero-order valence-electron chi connectivity index (χ0n) is 13.3. The maximum atomic E-state index is 6.09. The van der Waals surface area contributed by atoms with Crippen molar-refractivity contribution in [1.29, 1.82) is 0 Å². The second kappa shape index (κ2) is 6.88. The molecule has 4 heteroatoms. The number of nitrogens with zero attached hydrogens (tertiary/aromatic N) is 3. The average Bonchev–Trinajstić information content (AvgIpc) is 2.58. The van der Waals surface area contributed by atoms with E-state index >= 15 is 0 Å². The largest absolute Gasteiger partial charge is 0.490 e. The predicted molar refractivity (Wildman–Crippen MR) is 86.8 cm³/mol. The number of likely N-dealkylation sites (tertiary alicyclic amines) is 1. The van der Waals surface area contributed by atoms with Crippen LogP contribution in [0.1, 0.15) is 37.1 Å². The Kier molecular flexibility index (Phi) is 4.68. The molecular weight excluding hydrogens is 274 g/mol. The lowest BCUT2D eigenvalue weighted by Gasteiger charge is -2.35. The minimum atomic E-state index is 0.313. The maximum absolute atomic E-state index is 6.09. The maximum Gasteiger partial charge on any atom is 0.119 e. The highest BCUT2D eigenvalue weighted by Gasteiger charge is 2.25. The third-order valence-electron chi connectivity index (χ3n) is 4.36. The average molecular weight is 297 g/mol. The fourth-order valence-electron chi connectivity index (χ4n) is 2.90. The van der Waals surface area contributed by atoms with Gasteiger partial charge in [0, 0.05) is 31.7 Å². The van der Waals surface area contributed by atoms with Crippen molar-refractivity contribution in [2.24, 2.45) is 0 Å². The number of hydrogen-bond acceptors (Lipinski definition) is 4. The lowest BCUT2D eigenvalue weighted by molar-refractivity contribution is 0.0785. The number of benzene rings is 1. The summed E-state index contributed by atoms with van der Waals surface area (Å²) in [6.45, 7) is 6.36. The van der Waals surface area contributed by atoms with Crippen LogP contribution in [-0.4, -0.2) is 34.1 Å². The first-order chi connectivity index (χ1) is 10.7. The Morgan fingerprint density at radius 1 is 1.14 bits per heavy atom. The third kappa shape index (κ3) is 3.63. The van der Waals surface area contributed by atoms with Crippen molar-refractivity contribution in [3.63, 3.8) is 0 Å². The molecule has 1 aromatic carbocycles. The van der Waals surface area contributed by atoms with Gasteiger partial charge in [0.05, 0.1) is 11.7 Å². The number of aromatic nitrogens is 2. The first-order valence-electron chi connectivity index (χ1n) is 7.95. The number of ether oxygens (including phenoxy) is 1. The minimum Gasteiger partial charge on any atom is -0.490 e. The van der Waals surface area contributed by atoms with Gasteiger partial charge in [0.1, 0.15) is 11.9 Å². The first kappa shape index (κ1) is 15.0. The summed E-state index contributed by atoms with van der Waals surface area (Å²) in [6, 6.07) is 8.63. The van der Waals surface area contributed by atoms with Crippen molar-refractivity contribution in [3.05, 3.63) is 54.1 Å². The van der Waals surface area contributed by atoms with Crippen molar-refractivity contribution in [2.75, 3.05) is 13.1 Å². The zero-order valence-corrected chi connectivity index (χ0v) is 13.3. The number of hydrogen-bond donors (Lipinski definition) is 0. The van der Waals surface area contributed by atoms with Gasteiger partial charge in [0.15, 0.2) is 0 Å². The molecule has 0 spiro atoms. The molecule has 0 amide bonds. The number of aryl methyl sites for hydroxylation is 1. The van der Waals surface area contributed by atoms with Crippen LogP contribution in [0.15, 0.2) is 42.9 Å². The van der Waals surface area contributed by atoms with Crippen molar-refractivity contribution in [2.45, 2.75) is 38.8 Å². The van der Waals surface area contributed by atoms with E-state index in [1.54, 1.807) is 12.4 Å². The Labute approximate surface area is 132 Å². The van der Waals surface area contributed by atoms with E-state index in [9.17, 15) is 0 Å². The number of piperidine rings is 1. The lowest BCUT2D eigenvalue weighted by atomic mass is 10.0. The molecule has 0 radical (unpaired) electrons. The summed E-state index contributed by atoms with van der Waals surface area (Å²) in [5.74, 6) is 0.978. The van der Waals surface area contributed by atoms with Gasteiger partial charge < -0.3 is 4.74 Å². The molecule has 1 aromatic heterocycles. The molecule has 0 saturated carbocycles. The van der Waals surface area contributed by atoms with Crippen molar-refractivity contribution < 1.29 is 4.74 Å². The third-order valence-corrected chi connectivity index (χ3v) is 4.36. The van der Waals surface area contributed by atoms with E-state index in [4.69, 9.17) is 4.74 Å². The molecule has 3 rings (SSSR count). The van der Waals surface area contributed by atoms with E-state index in [2.05, 4.69) is 53.0 Å². The fraction of sp³-hybridized carbons (Fsp3) is 0.444. The van der Waals surface area contributed by atoms with Gasteiger partial charge >= 0.3 is 0 Å². The lowest BCUT2D eigenvalue weighted by Crippen LogP contribution is -2.39. The van der Waals surface area contributed by atoms with Gasteiger partial charge in [-0.1, -0.05) is 17.7 Å². The molecule has 116 valence electrons. The molecule has 1 saturated heterocycles. The summed E-state index contributed by atoms with van der Waals surface area (Å²) in [6.07, 6.45) is 7.76. The quantitative estimate of drug-likeness (QED) is 0.867. The Bertz CT molecular complexity index is 577. The Morgan fingerprint density at radius 3 is 2.50 bits per heavy atom. The SMILES string of the molecule is Cc1ccc(OC2CCN([C@H](C)c3cnccn3)CC2)cc1. The summed E-state index contributed by atoms with van der Waals surface area (Å²) >= 11 is 0. The van der Waals surface area contributed by atoms with Gasteiger partial charge in [-0.25, -0.2) is 0 Å². The van der Waals surface area contributed by atoms with E-state index in [1.807, 2.05) is 6.20 Å². The Balaban J connectivity index is 1.53. The molecule has 0 N–H and O–H groups in total. The normalized spacial score (nSPS) is 18.1. The molecule has 1 aliphatic rings. The van der Waals surface area contributed by atoms with Crippen LogP contribution in [0.3, 0.4) is 0 Å². The topological polar surface area (TPSA) is 38.2 Å². The van der Waals surface area contributed by atoms with Crippen LogP contribution in [-0.2, 0) is 0 Å². The molecule has 0 unspecified atom stereocenters. The highest BCUT2D eigenvalue weighted by Crippen LogP contribution is 2.25. The Morgan fingerprint density at radius 2 is 1.86 bits per heavy atom. The van der Waals surface area contributed by atoms with Crippen molar-refractivity contribution in [3.8, 4) is 5.75 Å². The smallest absolute Gasteiger partial charge is 0.119 e. The van der Waals surface area contributed by atoms with Gasteiger partial charge in [-0.15, -0.1) is 0 Å². The van der Waals surface area contributed by atoms with E-state index in [0.29, 0.717) is 12.1 Å². The van der Waals surface area contributed by atoms with Gasteiger partial charge in [0.2, 0.25) is 0 Å². The number of rotatable bonds is 4. The summed E-state index contributed by atoms with van der Waals surface area (Å²) in [7, 11) is 0. The van der Waals surface area contributed by atoms with E-state index < -0.39 is 0 Å². The molecule has 4 nitrogen and oxygen atoms in total. The summed E-state index contributed by atoms with van der Waals surface area (Å²) in [5, 5.41) is 0. The summed E-state index contributed by atoms with van der Waals surface area (Å²) in [4.78, 5) is 11.0. The van der Waals surface area contributed by atoms with Crippen LogP contribution in [0.4, 0.5) is 0 Å². The van der Waals surface area contributed by atoms with Crippen LogP contribution in [0.2, 0.25) is 0 Å². The first-order valence-corrected chi connectivity index (χ1v) is 7.95. The molecule has 2 aromatic rings. The molecular formula is C18H23N3O. The fourth-order valence-corrected chi connectivity index (χ4v) is 2.90. The standard InChI is InChI=1S/C18H23N3O/c1-14-3-5-16(6-4-14)22-17-7-11-21(12-8-17)15(2)18-13-19-9-10-20-18/h3-6,9-10,13,15,17H,7-8,11-12H2,1-2H3/t15-/m1/s1. The summed E-state index contributed by atoms with van der Waals surface area (Å²) in [5.41, 5.74) is 2.31. The van der Waals surface area contributed by atoms with E-state index in [1.165, 1.54) is 5.56 Å². The van der Waals surface area contributed by atoms with Crippen LogP contribution in [0.25, 0.3) is 0 Å². The zero-order chi connectivity index (χ0) is 15.4. The summed E-state index contributed by atoms with van der Waals surface area (Å²) < 4.78 is 6.09. The molecule has 1 aliphatic heterocycles. The van der Waals surface area contributed by atoms with Gasteiger partial charge in [0.25, 0.3) is 0 Å². The van der Waals surface area contributed by atoms with Crippen LogP contribution in [0.5, 0.6) is 5.75 Å². The monoisotopic (exact) mass is 297 g/mol. The minimum absolute atomic E-state index is 0.313. The second-order valence-corrected chi connectivity index (χ2v) is 5.97. The van der Waals surface area contributed by atoms with Crippen molar-refractivity contribution in [1.82, 2.24) is 14.9 Å². The van der Waals surface area contributed by atoms with Gasteiger partial charge in [-0.2, -0.15) is 0 Å². The van der Waals surface area contributed by atoms with E-state index in [-0.39, 0.29) is 0 Å². The highest BCUT2D eigenvalue weighted by molar-refractivity contribution is 5.26. The van der Waals surface area contributed by atoms with Gasteiger partial charge in [-0.05, 0) is 38.8 Å². The van der Waals surface area contributed by atoms with Gasteiger partial charge in [-0.3, -0.25) is 14.9 Å². The van der Waals surface area contributed by atoms with Crippen LogP contribution < -0.4 is 4.74 Å². The second-order valence-electron chi connectivity index (χ2n) is 5.97. The Hall–Kier alpha value is -1.94. The highest BCUT2D eigenvalue weighted by atomic mass is 16.5. The van der Waals surface area contributed by atoms with Crippen molar-refractivity contribution >= 4 is 0 Å². The molecule has 0 bridgehead atoms. The molecule has 22 heavy (non-hydrogen) atoms. The predicted octanol–water partition coefficient (Wildman–Crippen LogP) is 3.39. The molecule has 1 fully saturated rings. The van der Waals surface area contributed by atoms with Crippen LogP contribution in [0, 0.1) is 6.92 Å². The molecule has 0 aliphatic carbocycles. The van der Waals surface area contributed by atoms with Crippen LogP contribution >= 0.6 is 0 Å². The van der Waals surface area contributed by atoms with E-state index in [0.717, 1.165) is 37.4 Å².